The molecule has 3 rings (SSSR count). The van der Waals surface area contributed by atoms with Gasteiger partial charge >= 0.3 is 6.09 Å². The van der Waals surface area contributed by atoms with Crippen LogP contribution in [-0.2, 0) is 16.1 Å². The Hall–Kier alpha value is -2.65. The van der Waals surface area contributed by atoms with Crippen LogP contribution in [0.3, 0.4) is 0 Å². The summed E-state index contributed by atoms with van der Waals surface area (Å²) in [5, 5.41) is 5.09. The molecule has 28 heavy (non-hydrogen) atoms. The third-order valence-electron chi connectivity index (χ3n) is 3.91. The van der Waals surface area contributed by atoms with Crippen molar-refractivity contribution in [1.29, 1.82) is 0 Å². The molecule has 0 radical (unpaired) electrons. The summed E-state index contributed by atoms with van der Waals surface area (Å²) >= 11 is 2.51. The zero-order valence-electron chi connectivity index (χ0n) is 15.4. The fourth-order valence-corrected chi connectivity index (χ4v) is 4.52. The number of fused-ring (bicyclic) bond motifs is 1. The predicted octanol–water partition coefficient (Wildman–Crippen LogP) is 3.51. The molecule has 1 N–H and O–H groups in total. The number of thioether (sulfide) groups is 1. The fraction of sp³-hybridized carbons (Fsp3) is 0.263. The molecule has 0 saturated heterocycles. The summed E-state index contributed by atoms with van der Waals surface area (Å²) in [5.74, 6) is -0.551. The first-order chi connectivity index (χ1) is 13.5. The van der Waals surface area contributed by atoms with E-state index in [0.29, 0.717) is 21.9 Å². The SMILES string of the molecule is CCOC(=O)NC(=O)CSc1nc2scc(-c3ccccc3)c2c(=O)n1CC. The third kappa shape index (κ3) is 4.26. The van der Waals surface area contributed by atoms with Crippen LogP contribution in [0.15, 0.2) is 45.7 Å². The number of imide groups is 1. The van der Waals surface area contributed by atoms with E-state index < -0.39 is 12.0 Å². The molecule has 0 unspecified atom stereocenters. The van der Waals surface area contributed by atoms with Crippen LogP contribution in [0.4, 0.5) is 4.79 Å². The van der Waals surface area contributed by atoms with Crippen LogP contribution in [0.2, 0.25) is 0 Å². The van der Waals surface area contributed by atoms with Gasteiger partial charge in [-0.2, -0.15) is 0 Å². The normalized spacial score (nSPS) is 10.8. The second-order valence-corrected chi connectivity index (χ2v) is 7.50. The highest BCUT2D eigenvalue weighted by Gasteiger charge is 2.18. The van der Waals surface area contributed by atoms with E-state index >= 15 is 0 Å². The monoisotopic (exact) mass is 417 g/mol. The molecule has 0 aliphatic heterocycles. The minimum absolute atomic E-state index is 0.0479. The van der Waals surface area contributed by atoms with Gasteiger partial charge in [0.25, 0.3) is 5.56 Å². The molecule has 2 amide bonds. The van der Waals surface area contributed by atoms with Gasteiger partial charge in [-0.05, 0) is 19.4 Å². The number of hydrogen-bond acceptors (Lipinski definition) is 7. The molecule has 146 valence electrons. The van der Waals surface area contributed by atoms with Crippen molar-refractivity contribution in [2.24, 2.45) is 0 Å². The van der Waals surface area contributed by atoms with Crippen molar-refractivity contribution in [2.75, 3.05) is 12.4 Å². The lowest BCUT2D eigenvalue weighted by Gasteiger charge is -2.10. The van der Waals surface area contributed by atoms with Crippen molar-refractivity contribution in [1.82, 2.24) is 14.9 Å². The maximum absolute atomic E-state index is 13.1. The number of nitrogens with one attached hydrogen (secondary N) is 1. The molecule has 3 aromatic rings. The third-order valence-corrected chi connectivity index (χ3v) is 5.76. The number of alkyl carbamates (subject to hydrolysis) is 1. The number of hydrogen-bond donors (Lipinski definition) is 1. The van der Waals surface area contributed by atoms with Gasteiger partial charge in [-0.25, -0.2) is 9.78 Å². The van der Waals surface area contributed by atoms with Gasteiger partial charge in [-0.3, -0.25) is 19.5 Å². The summed E-state index contributed by atoms with van der Waals surface area (Å²) in [7, 11) is 0. The molecule has 2 heterocycles. The zero-order valence-corrected chi connectivity index (χ0v) is 17.1. The van der Waals surface area contributed by atoms with Crippen molar-refractivity contribution in [2.45, 2.75) is 25.5 Å². The average molecular weight is 418 g/mol. The first-order valence-corrected chi connectivity index (χ1v) is 10.6. The number of carbonyl (C=O) groups is 2. The molecule has 9 heteroatoms. The highest BCUT2D eigenvalue weighted by Crippen LogP contribution is 2.32. The standard InChI is InChI=1S/C19H19N3O4S2/c1-3-22-17(24)15-13(12-8-6-5-7-9-12)10-27-16(15)21-18(22)28-11-14(23)20-19(25)26-4-2/h5-10H,3-4,11H2,1-2H3,(H,20,23,25). The Bertz CT molecular complexity index is 1060. The number of amides is 2. The largest absolute Gasteiger partial charge is 0.450 e. The number of ether oxygens (including phenoxy) is 1. The molecule has 0 atom stereocenters. The van der Waals surface area contributed by atoms with Crippen molar-refractivity contribution < 1.29 is 14.3 Å². The van der Waals surface area contributed by atoms with E-state index in [9.17, 15) is 14.4 Å². The molecule has 2 aromatic heterocycles. The number of nitrogens with zero attached hydrogens (tertiary/aromatic N) is 2. The van der Waals surface area contributed by atoms with Crippen molar-refractivity contribution >= 4 is 45.3 Å². The van der Waals surface area contributed by atoms with E-state index in [1.807, 2.05) is 42.6 Å². The van der Waals surface area contributed by atoms with Crippen molar-refractivity contribution in [3.8, 4) is 11.1 Å². The molecule has 1 aromatic carbocycles. The number of rotatable bonds is 6. The van der Waals surface area contributed by atoms with Gasteiger partial charge in [-0.15, -0.1) is 11.3 Å². The van der Waals surface area contributed by atoms with Gasteiger partial charge in [0.15, 0.2) is 5.16 Å². The van der Waals surface area contributed by atoms with Crippen LogP contribution in [0, 0.1) is 0 Å². The van der Waals surface area contributed by atoms with E-state index in [0.717, 1.165) is 22.9 Å². The van der Waals surface area contributed by atoms with Crippen LogP contribution < -0.4 is 10.9 Å². The predicted molar refractivity (Wildman–Crippen MR) is 111 cm³/mol. The lowest BCUT2D eigenvalue weighted by atomic mass is 10.1. The van der Waals surface area contributed by atoms with Gasteiger partial charge in [0.05, 0.1) is 17.7 Å². The first-order valence-electron chi connectivity index (χ1n) is 8.72. The van der Waals surface area contributed by atoms with E-state index in [1.165, 1.54) is 11.3 Å². The summed E-state index contributed by atoms with van der Waals surface area (Å²) in [6, 6.07) is 9.70. The lowest BCUT2D eigenvalue weighted by molar-refractivity contribution is -0.117. The lowest BCUT2D eigenvalue weighted by Crippen LogP contribution is -2.32. The van der Waals surface area contributed by atoms with Gasteiger partial charge in [-0.1, -0.05) is 42.1 Å². The average Bonchev–Trinajstić information content (AvgIpc) is 3.11. The molecular formula is C19H19N3O4S2. The number of carbonyl (C=O) groups excluding carboxylic acids is 2. The number of benzene rings is 1. The van der Waals surface area contributed by atoms with E-state index in [4.69, 9.17) is 0 Å². The summed E-state index contributed by atoms with van der Waals surface area (Å²) in [6.07, 6.45) is -0.782. The Balaban J connectivity index is 1.90. The van der Waals surface area contributed by atoms with Crippen molar-refractivity contribution in [3.63, 3.8) is 0 Å². The summed E-state index contributed by atoms with van der Waals surface area (Å²) in [5.41, 5.74) is 1.68. The van der Waals surface area contributed by atoms with E-state index in [2.05, 4.69) is 15.0 Å². The Kier molecular flexibility index (Phi) is 6.48. The molecular weight excluding hydrogens is 398 g/mol. The molecule has 0 saturated carbocycles. The second-order valence-electron chi connectivity index (χ2n) is 5.70. The molecule has 7 nitrogen and oxygen atoms in total. The summed E-state index contributed by atoms with van der Waals surface area (Å²) < 4.78 is 6.23. The van der Waals surface area contributed by atoms with Gasteiger partial charge < -0.3 is 4.74 Å². The maximum atomic E-state index is 13.1. The smallest absolute Gasteiger partial charge is 0.413 e. The molecule has 0 fully saturated rings. The van der Waals surface area contributed by atoms with E-state index in [1.54, 1.807) is 11.5 Å². The topological polar surface area (TPSA) is 90.3 Å². The minimum atomic E-state index is -0.782. The second kappa shape index (κ2) is 9.03. The maximum Gasteiger partial charge on any atom is 0.413 e. The Morgan fingerprint density at radius 3 is 2.68 bits per heavy atom. The number of aromatic nitrogens is 2. The molecule has 0 aliphatic carbocycles. The van der Waals surface area contributed by atoms with Gasteiger partial charge in [0.2, 0.25) is 5.91 Å². The zero-order chi connectivity index (χ0) is 20.1. The molecule has 0 bridgehead atoms. The van der Waals surface area contributed by atoms with Crippen molar-refractivity contribution in [3.05, 3.63) is 46.1 Å². The summed E-state index contributed by atoms with van der Waals surface area (Å²) in [4.78, 5) is 41.5. The molecule has 0 spiro atoms. The Morgan fingerprint density at radius 2 is 2.00 bits per heavy atom. The fourth-order valence-electron chi connectivity index (χ4n) is 2.67. The summed E-state index contributed by atoms with van der Waals surface area (Å²) in [6.45, 7) is 4.12. The highest BCUT2D eigenvalue weighted by molar-refractivity contribution is 7.99. The van der Waals surface area contributed by atoms with Gasteiger partial charge in [0, 0.05) is 17.5 Å². The highest BCUT2D eigenvalue weighted by atomic mass is 32.2. The Labute approximate surface area is 169 Å². The van der Waals surface area contributed by atoms with Crippen LogP contribution in [0.5, 0.6) is 0 Å². The van der Waals surface area contributed by atoms with E-state index in [-0.39, 0.29) is 17.9 Å². The molecule has 0 aliphatic rings. The Morgan fingerprint density at radius 1 is 1.25 bits per heavy atom. The first kappa shape index (κ1) is 20.1. The minimum Gasteiger partial charge on any atom is -0.450 e. The van der Waals surface area contributed by atoms with Gasteiger partial charge in [0.1, 0.15) is 4.83 Å². The number of thiophene rings is 1. The van der Waals surface area contributed by atoms with Crippen LogP contribution in [0.25, 0.3) is 21.3 Å². The van der Waals surface area contributed by atoms with Crippen LogP contribution >= 0.6 is 23.1 Å². The quantitative estimate of drug-likeness (QED) is 0.488. The van der Waals surface area contributed by atoms with Crippen LogP contribution in [0.1, 0.15) is 13.8 Å². The van der Waals surface area contributed by atoms with Crippen LogP contribution in [-0.4, -0.2) is 33.9 Å².